The molecule has 300 valence electrons. The summed E-state index contributed by atoms with van der Waals surface area (Å²) in [6.07, 6.45) is 25.1. The fraction of sp³-hybridized carbons (Fsp3) is 0.925. The maximum Gasteiger partial charge on any atom is 0.239 e. The standard InChI is InChI=1S/C40H78N4O7/c1-3-5-7-9-11-13-15-16-17-18-19-20-22-24-26-28-36(48)44(29-27-25-23-21-14-12-10-8-6-4-2)40-37(39(50)38(49)33(32-45)51-40)43-35(47)31-42-34(46)30-41/h33,37-40,45,49-50H,3-32,41H2,1-2H3,(H,42,46)(H,43,47)/t33-,37-,38+,39-,40-/m1/s1. The van der Waals surface area contributed by atoms with Crippen LogP contribution < -0.4 is 16.4 Å². The smallest absolute Gasteiger partial charge is 0.239 e. The molecule has 51 heavy (non-hydrogen) atoms. The summed E-state index contributed by atoms with van der Waals surface area (Å²) in [5, 5.41) is 36.7. The minimum atomic E-state index is -1.50. The molecule has 1 aliphatic heterocycles. The molecule has 0 radical (unpaired) electrons. The van der Waals surface area contributed by atoms with Crippen LogP contribution in [0.25, 0.3) is 0 Å². The zero-order valence-electron chi connectivity index (χ0n) is 32.6. The number of unbranched alkanes of at least 4 members (excludes halogenated alkanes) is 23. The van der Waals surface area contributed by atoms with E-state index in [-0.39, 0.29) is 19.0 Å². The van der Waals surface area contributed by atoms with Crippen LogP contribution in [0, 0.1) is 0 Å². The molecule has 5 atom stereocenters. The van der Waals surface area contributed by atoms with E-state index in [4.69, 9.17) is 10.5 Å². The maximum absolute atomic E-state index is 13.8. The lowest BCUT2D eigenvalue weighted by atomic mass is 9.94. The summed E-state index contributed by atoms with van der Waals surface area (Å²) in [6.45, 7) is 3.64. The average molecular weight is 727 g/mol. The molecule has 1 heterocycles. The molecule has 0 aliphatic carbocycles. The number of amides is 3. The summed E-state index contributed by atoms with van der Waals surface area (Å²) < 4.78 is 6.06. The first-order valence-corrected chi connectivity index (χ1v) is 21.0. The Morgan fingerprint density at radius 3 is 1.49 bits per heavy atom. The maximum atomic E-state index is 13.8. The van der Waals surface area contributed by atoms with Gasteiger partial charge in [0, 0.05) is 13.0 Å². The van der Waals surface area contributed by atoms with E-state index in [2.05, 4.69) is 24.5 Å². The Morgan fingerprint density at radius 1 is 0.627 bits per heavy atom. The highest BCUT2D eigenvalue weighted by molar-refractivity contribution is 5.85. The van der Waals surface area contributed by atoms with Gasteiger partial charge in [-0.1, -0.05) is 162 Å². The minimum absolute atomic E-state index is 0.137. The van der Waals surface area contributed by atoms with Crippen LogP contribution in [0.1, 0.15) is 181 Å². The predicted octanol–water partition coefficient (Wildman–Crippen LogP) is 6.00. The van der Waals surface area contributed by atoms with Gasteiger partial charge in [-0.3, -0.25) is 14.4 Å². The highest BCUT2D eigenvalue weighted by Crippen LogP contribution is 2.26. The second-order valence-corrected chi connectivity index (χ2v) is 14.8. The summed E-state index contributed by atoms with van der Waals surface area (Å²) in [7, 11) is 0. The molecule has 11 heteroatoms. The highest BCUT2D eigenvalue weighted by atomic mass is 16.5. The van der Waals surface area contributed by atoms with Crippen molar-refractivity contribution >= 4 is 17.7 Å². The van der Waals surface area contributed by atoms with E-state index in [1.165, 1.54) is 109 Å². The largest absolute Gasteiger partial charge is 0.394 e. The first-order valence-electron chi connectivity index (χ1n) is 21.0. The topological polar surface area (TPSA) is 174 Å². The van der Waals surface area contributed by atoms with Crippen molar-refractivity contribution < 1.29 is 34.4 Å². The molecule has 0 spiro atoms. The van der Waals surface area contributed by atoms with Gasteiger partial charge < -0.3 is 41.3 Å². The van der Waals surface area contributed by atoms with Crippen LogP contribution in [-0.2, 0) is 19.1 Å². The van der Waals surface area contributed by atoms with Crippen molar-refractivity contribution in [3.05, 3.63) is 0 Å². The van der Waals surface area contributed by atoms with Gasteiger partial charge in [0.05, 0.1) is 19.7 Å². The summed E-state index contributed by atoms with van der Waals surface area (Å²) >= 11 is 0. The molecule has 3 amide bonds. The highest BCUT2D eigenvalue weighted by Gasteiger charge is 2.48. The van der Waals surface area contributed by atoms with Crippen LogP contribution >= 0.6 is 0 Å². The molecule has 0 unspecified atom stereocenters. The minimum Gasteiger partial charge on any atom is -0.394 e. The molecular formula is C40H78N4O7. The number of carbonyl (C=O) groups is 3. The van der Waals surface area contributed by atoms with E-state index in [0.29, 0.717) is 13.0 Å². The predicted molar refractivity (Wildman–Crippen MR) is 205 cm³/mol. The van der Waals surface area contributed by atoms with Gasteiger partial charge in [-0.2, -0.15) is 0 Å². The van der Waals surface area contributed by atoms with Gasteiger partial charge in [0.1, 0.15) is 24.4 Å². The number of rotatable bonds is 33. The van der Waals surface area contributed by atoms with Crippen molar-refractivity contribution in [1.82, 2.24) is 15.5 Å². The van der Waals surface area contributed by atoms with E-state index >= 15 is 0 Å². The van der Waals surface area contributed by atoms with E-state index in [0.717, 1.165) is 51.4 Å². The third-order valence-corrected chi connectivity index (χ3v) is 10.2. The number of nitrogens with zero attached hydrogens (tertiary/aromatic N) is 1. The number of nitrogens with one attached hydrogen (secondary N) is 2. The van der Waals surface area contributed by atoms with E-state index in [1.807, 2.05) is 0 Å². The van der Waals surface area contributed by atoms with Crippen LogP contribution in [0.3, 0.4) is 0 Å². The average Bonchev–Trinajstić information content (AvgIpc) is 3.13. The first kappa shape index (κ1) is 47.2. The van der Waals surface area contributed by atoms with Crippen LogP contribution in [0.5, 0.6) is 0 Å². The lowest BCUT2D eigenvalue weighted by molar-refractivity contribution is -0.231. The first-order chi connectivity index (χ1) is 24.8. The Balaban J connectivity index is 2.69. The number of nitrogens with two attached hydrogens (primary N) is 1. The summed E-state index contributed by atoms with van der Waals surface area (Å²) in [6, 6.07) is -1.15. The normalized spacial score (nSPS) is 20.3. The number of carbonyl (C=O) groups excluding carboxylic acids is 3. The molecule has 1 rings (SSSR count). The summed E-state index contributed by atoms with van der Waals surface area (Å²) in [5.41, 5.74) is 5.33. The van der Waals surface area contributed by atoms with Crippen molar-refractivity contribution in [2.24, 2.45) is 5.73 Å². The molecule has 1 aliphatic rings. The van der Waals surface area contributed by atoms with Crippen LogP contribution in [0.2, 0.25) is 0 Å². The van der Waals surface area contributed by atoms with Crippen molar-refractivity contribution in [3.63, 3.8) is 0 Å². The monoisotopic (exact) mass is 727 g/mol. The number of aliphatic hydroxyl groups excluding tert-OH is 3. The molecule has 0 saturated carbocycles. The second-order valence-electron chi connectivity index (χ2n) is 14.8. The fourth-order valence-electron chi connectivity index (χ4n) is 6.96. The quantitative estimate of drug-likeness (QED) is 0.0447. The summed E-state index contributed by atoms with van der Waals surface area (Å²) in [4.78, 5) is 39.8. The van der Waals surface area contributed by atoms with Gasteiger partial charge in [0.25, 0.3) is 0 Å². The third-order valence-electron chi connectivity index (χ3n) is 10.2. The molecule has 7 N–H and O–H groups in total. The molecule has 0 aromatic carbocycles. The number of hydrogen-bond donors (Lipinski definition) is 6. The van der Waals surface area contributed by atoms with Crippen LogP contribution in [-0.4, -0.2) is 94.8 Å². The second kappa shape index (κ2) is 31.7. The SMILES string of the molecule is CCCCCCCCCCCCCCCCCC(=O)N(CCCCCCCCCCCC)[C@@H]1O[C@H](CO)[C@H](O)[C@H](O)[C@H]1NC(=O)CNC(=O)CN. The van der Waals surface area contributed by atoms with Gasteiger partial charge in [-0.25, -0.2) is 0 Å². The third kappa shape index (κ3) is 22.1. The van der Waals surface area contributed by atoms with Crippen molar-refractivity contribution in [1.29, 1.82) is 0 Å². The fourth-order valence-corrected chi connectivity index (χ4v) is 6.96. The van der Waals surface area contributed by atoms with Crippen molar-refractivity contribution in [2.45, 2.75) is 211 Å². The van der Waals surface area contributed by atoms with Gasteiger partial charge in [0.2, 0.25) is 17.7 Å². The molecule has 0 bridgehead atoms. The van der Waals surface area contributed by atoms with Crippen molar-refractivity contribution in [3.8, 4) is 0 Å². The Labute approximate surface area is 310 Å². The number of aliphatic hydroxyl groups is 3. The lowest BCUT2D eigenvalue weighted by Gasteiger charge is -2.47. The van der Waals surface area contributed by atoms with Gasteiger partial charge in [0.15, 0.2) is 6.23 Å². The molecule has 11 nitrogen and oxygen atoms in total. The molecule has 1 saturated heterocycles. The van der Waals surface area contributed by atoms with E-state index < -0.39 is 49.0 Å². The molecular weight excluding hydrogens is 648 g/mol. The lowest BCUT2D eigenvalue weighted by Crippen LogP contribution is -2.69. The Hall–Kier alpha value is -1.79. The molecule has 0 aromatic heterocycles. The number of ether oxygens (including phenoxy) is 1. The van der Waals surface area contributed by atoms with Gasteiger partial charge in [-0.15, -0.1) is 0 Å². The van der Waals surface area contributed by atoms with Crippen molar-refractivity contribution in [2.75, 3.05) is 26.2 Å². The molecule has 1 fully saturated rings. The van der Waals surface area contributed by atoms with E-state index in [1.54, 1.807) is 4.90 Å². The van der Waals surface area contributed by atoms with Crippen LogP contribution in [0.4, 0.5) is 0 Å². The molecule has 0 aromatic rings. The van der Waals surface area contributed by atoms with Gasteiger partial charge in [-0.05, 0) is 12.8 Å². The van der Waals surface area contributed by atoms with E-state index in [9.17, 15) is 29.7 Å². The number of hydrogen-bond acceptors (Lipinski definition) is 8. The Kier molecular flexibility index (Phi) is 29.4. The summed E-state index contributed by atoms with van der Waals surface area (Å²) in [5.74, 6) is -1.26. The van der Waals surface area contributed by atoms with Gasteiger partial charge >= 0.3 is 0 Å². The Bertz CT molecular complexity index is 880. The van der Waals surface area contributed by atoms with Crippen LogP contribution in [0.15, 0.2) is 0 Å². The zero-order chi connectivity index (χ0) is 37.5. The zero-order valence-corrected chi connectivity index (χ0v) is 32.6. The Morgan fingerprint density at radius 2 is 1.06 bits per heavy atom.